The smallest absolute Gasteiger partial charge is 0.306 e. The predicted octanol–water partition coefficient (Wildman–Crippen LogP) is 0.917. The molecule has 0 bridgehead atoms. The van der Waals surface area contributed by atoms with E-state index in [-0.39, 0.29) is 24.5 Å². The lowest BCUT2D eigenvalue weighted by Gasteiger charge is -2.23. The molecule has 2 heterocycles. The zero-order valence-corrected chi connectivity index (χ0v) is 14.0. The standard InChI is InChI=1S/C14H19NO5S2/c1-14(5-7-22(18,19)10-14)15-12(16)8-20-13(17)3-2-11-4-6-21-9-11/h4,6,9H,2-3,5,7-8,10H2,1H3,(H,15,16)/t14-/m0/s1. The molecule has 2 rings (SSSR count). The fourth-order valence-corrected chi connectivity index (χ4v) is 5.18. The van der Waals surface area contributed by atoms with E-state index in [0.717, 1.165) is 5.56 Å². The van der Waals surface area contributed by atoms with Crippen molar-refractivity contribution < 1.29 is 22.7 Å². The van der Waals surface area contributed by atoms with Gasteiger partial charge in [-0.1, -0.05) is 0 Å². The molecule has 1 saturated heterocycles. The first kappa shape index (κ1) is 17.0. The molecule has 8 heteroatoms. The SMILES string of the molecule is C[C@]1(NC(=O)COC(=O)CCc2ccsc2)CCS(=O)(=O)C1. The Hall–Kier alpha value is -1.41. The van der Waals surface area contributed by atoms with E-state index < -0.39 is 27.3 Å². The van der Waals surface area contributed by atoms with Gasteiger partial charge in [-0.3, -0.25) is 9.59 Å². The molecule has 1 aromatic rings. The molecule has 0 aromatic carbocycles. The minimum Gasteiger partial charge on any atom is -0.456 e. The molecule has 0 unspecified atom stereocenters. The van der Waals surface area contributed by atoms with Crippen LogP contribution in [-0.4, -0.2) is 43.9 Å². The summed E-state index contributed by atoms with van der Waals surface area (Å²) in [5.41, 5.74) is 0.300. The zero-order chi connectivity index (χ0) is 16.2. The Labute approximate surface area is 133 Å². The molecule has 1 aromatic heterocycles. The third-order valence-corrected chi connectivity index (χ3v) is 6.14. The number of carbonyl (C=O) groups is 2. The van der Waals surface area contributed by atoms with Gasteiger partial charge in [-0.05, 0) is 42.2 Å². The van der Waals surface area contributed by atoms with Crippen molar-refractivity contribution in [3.8, 4) is 0 Å². The fourth-order valence-electron chi connectivity index (χ4n) is 2.38. The monoisotopic (exact) mass is 345 g/mol. The molecule has 1 amide bonds. The quantitative estimate of drug-likeness (QED) is 0.774. The average Bonchev–Trinajstić information content (AvgIpc) is 3.02. The lowest BCUT2D eigenvalue weighted by molar-refractivity contribution is -0.148. The molecular weight excluding hydrogens is 326 g/mol. The highest BCUT2D eigenvalue weighted by atomic mass is 32.2. The number of ether oxygens (including phenoxy) is 1. The number of nitrogens with one attached hydrogen (secondary N) is 1. The molecule has 1 fully saturated rings. The largest absolute Gasteiger partial charge is 0.456 e. The summed E-state index contributed by atoms with van der Waals surface area (Å²) < 4.78 is 27.8. The van der Waals surface area contributed by atoms with Crippen LogP contribution in [0.25, 0.3) is 0 Å². The highest BCUT2D eigenvalue weighted by molar-refractivity contribution is 7.91. The summed E-state index contributed by atoms with van der Waals surface area (Å²) >= 11 is 1.56. The third-order valence-electron chi connectivity index (χ3n) is 3.51. The highest BCUT2D eigenvalue weighted by Gasteiger charge is 2.39. The van der Waals surface area contributed by atoms with Gasteiger partial charge in [0.25, 0.3) is 5.91 Å². The number of aryl methyl sites for hydroxylation is 1. The Morgan fingerprint density at radius 3 is 2.82 bits per heavy atom. The molecule has 0 saturated carbocycles. The van der Waals surface area contributed by atoms with Crippen molar-refractivity contribution in [2.75, 3.05) is 18.1 Å². The maximum atomic E-state index is 11.8. The molecule has 1 atom stereocenters. The van der Waals surface area contributed by atoms with Crippen molar-refractivity contribution in [1.29, 1.82) is 0 Å². The van der Waals surface area contributed by atoms with Gasteiger partial charge in [0, 0.05) is 6.42 Å². The second-order valence-electron chi connectivity index (χ2n) is 5.74. The number of hydrogen-bond donors (Lipinski definition) is 1. The first-order valence-corrected chi connectivity index (χ1v) is 9.73. The lowest BCUT2D eigenvalue weighted by Crippen LogP contribution is -2.48. The van der Waals surface area contributed by atoms with E-state index in [0.29, 0.717) is 12.8 Å². The Morgan fingerprint density at radius 1 is 1.45 bits per heavy atom. The number of sulfone groups is 1. The fraction of sp³-hybridized carbons (Fsp3) is 0.571. The molecule has 1 N–H and O–H groups in total. The number of thiophene rings is 1. The van der Waals surface area contributed by atoms with E-state index in [1.54, 1.807) is 18.3 Å². The van der Waals surface area contributed by atoms with Crippen LogP contribution >= 0.6 is 11.3 Å². The van der Waals surface area contributed by atoms with Gasteiger partial charge in [0.1, 0.15) is 0 Å². The van der Waals surface area contributed by atoms with E-state index in [1.165, 1.54) is 0 Å². The summed E-state index contributed by atoms with van der Waals surface area (Å²) in [6, 6.07) is 1.94. The van der Waals surface area contributed by atoms with E-state index >= 15 is 0 Å². The Bertz CT molecular complexity index is 638. The van der Waals surface area contributed by atoms with E-state index in [1.807, 2.05) is 16.8 Å². The van der Waals surface area contributed by atoms with Crippen LogP contribution in [0.1, 0.15) is 25.3 Å². The van der Waals surface area contributed by atoms with Gasteiger partial charge in [0.2, 0.25) is 0 Å². The van der Waals surface area contributed by atoms with Crippen LogP contribution in [0, 0.1) is 0 Å². The van der Waals surface area contributed by atoms with E-state index in [4.69, 9.17) is 4.74 Å². The number of hydrogen-bond acceptors (Lipinski definition) is 6. The van der Waals surface area contributed by atoms with Gasteiger partial charge >= 0.3 is 5.97 Å². The van der Waals surface area contributed by atoms with Crippen LogP contribution in [-0.2, 0) is 30.6 Å². The molecule has 1 aliphatic rings. The normalized spacial score (nSPS) is 23.1. The van der Waals surface area contributed by atoms with Crippen molar-refractivity contribution in [2.24, 2.45) is 0 Å². The van der Waals surface area contributed by atoms with Crippen molar-refractivity contribution in [2.45, 2.75) is 31.7 Å². The van der Waals surface area contributed by atoms with Crippen LogP contribution in [0.3, 0.4) is 0 Å². The third kappa shape index (κ3) is 5.10. The average molecular weight is 345 g/mol. The number of rotatable bonds is 6. The van der Waals surface area contributed by atoms with Gasteiger partial charge < -0.3 is 10.1 Å². The Morgan fingerprint density at radius 2 is 2.23 bits per heavy atom. The molecule has 0 aliphatic carbocycles. The zero-order valence-electron chi connectivity index (χ0n) is 12.3. The number of carbonyl (C=O) groups excluding carboxylic acids is 2. The summed E-state index contributed by atoms with van der Waals surface area (Å²) in [6.07, 6.45) is 1.18. The van der Waals surface area contributed by atoms with Crippen molar-refractivity contribution in [3.05, 3.63) is 22.4 Å². The number of amides is 1. The van der Waals surface area contributed by atoms with Crippen LogP contribution in [0.2, 0.25) is 0 Å². The summed E-state index contributed by atoms with van der Waals surface area (Å²) in [5, 5.41) is 6.54. The van der Waals surface area contributed by atoms with Gasteiger partial charge in [0.15, 0.2) is 16.4 Å². The van der Waals surface area contributed by atoms with Gasteiger partial charge in [-0.2, -0.15) is 11.3 Å². The van der Waals surface area contributed by atoms with Crippen LogP contribution in [0.15, 0.2) is 16.8 Å². The lowest BCUT2D eigenvalue weighted by atomic mass is 10.0. The molecule has 0 radical (unpaired) electrons. The minimum atomic E-state index is -3.09. The van der Waals surface area contributed by atoms with Crippen LogP contribution in [0.4, 0.5) is 0 Å². The van der Waals surface area contributed by atoms with Gasteiger partial charge in [0.05, 0.1) is 17.0 Å². The van der Waals surface area contributed by atoms with Crippen molar-refractivity contribution in [3.63, 3.8) is 0 Å². The molecule has 22 heavy (non-hydrogen) atoms. The maximum Gasteiger partial charge on any atom is 0.306 e. The second-order valence-corrected chi connectivity index (χ2v) is 8.71. The summed E-state index contributed by atoms with van der Waals surface area (Å²) in [7, 11) is -3.09. The van der Waals surface area contributed by atoms with Crippen LogP contribution in [0.5, 0.6) is 0 Å². The molecule has 1 aliphatic heterocycles. The second kappa shape index (κ2) is 6.78. The maximum absolute atomic E-state index is 11.8. The molecule has 122 valence electrons. The summed E-state index contributed by atoms with van der Waals surface area (Å²) in [6.45, 7) is 1.31. The van der Waals surface area contributed by atoms with Gasteiger partial charge in [-0.15, -0.1) is 0 Å². The summed E-state index contributed by atoms with van der Waals surface area (Å²) in [5.74, 6) is -0.906. The van der Waals surface area contributed by atoms with Crippen molar-refractivity contribution >= 4 is 33.1 Å². The number of esters is 1. The predicted molar refractivity (Wildman–Crippen MR) is 83.4 cm³/mol. The van der Waals surface area contributed by atoms with Crippen molar-refractivity contribution in [1.82, 2.24) is 5.32 Å². The topological polar surface area (TPSA) is 89.5 Å². The van der Waals surface area contributed by atoms with Gasteiger partial charge in [-0.25, -0.2) is 8.42 Å². The Kier molecular flexibility index (Phi) is 5.23. The first-order valence-electron chi connectivity index (χ1n) is 6.96. The molecule has 0 spiro atoms. The molecule has 6 nitrogen and oxygen atoms in total. The highest BCUT2D eigenvalue weighted by Crippen LogP contribution is 2.22. The van der Waals surface area contributed by atoms with E-state index in [9.17, 15) is 18.0 Å². The minimum absolute atomic E-state index is 0.0716. The van der Waals surface area contributed by atoms with E-state index in [2.05, 4.69) is 5.32 Å². The van der Waals surface area contributed by atoms with Crippen LogP contribution < -0.4 is 5.32 Å². The summed E-state index contributed by atoms with van der Waals surface area (Å²) in [4.78, 5) is 23.3. The first-order chi connectivity index (χ1) is 10.3. The molecular formula is C14H19NO5S2. The Balaban J connectivity index is 1.70.